The van der Waals surface area contributed by atoms with Crippen molar-refractivity contribution in [1.82, 2.24) is 28.7 Å². The van der Waals surface area contributed by atoms with Crippen LogP contribution in [0.25, 0.3) is 0 Å². The van der Waals surface area contributed by atoms with Crippen LogP contribution in [0.4, 0.5) is 0 Å². The van der Waals surface area contributed by atoms with Gasteiger partial charge in [0.25, 0.3) is 0 Å². The number of imidazole rings is 2. The molecule has 2 aliphatic heterocycles. The third-order valence-corrected chi connectivity index (χ3v) is 5.89. The van der Waals surface area contributed by atoms with Gasteiger partial charge in [-0.25, -0.2) is 9.13 Å². The van der Waals surface area contributed by atoms with Crippen molar-refractivity contribution in [1.29, 1.82) is 0 Å². The number of hydrogen-bond acceptors (Lipinski definition) is 4. The number of halogens is 4. The van der Waals surface area contributed by atoms with Gasteiger partial charge < -0.3 is 53.6 Å². The Labute approximate surface area is 279 Å². The van der Waals surface area contributed by atoms with E-state index in [1.54, 1.807) is 0 Å². The van der Waals surface area contributed by atoms with Crippen molar-refractivity contribution in [2.24, 2.45) is 0 Å². The predicted octanol–water partition coefficient (Wildman–Crippen LogP) is -0.594. The van der Waals surface area contributed by atoms with Crippen LogP contribution < -0.4 is 43.1 Å². The van der Waals surface area contributed by atoms with Gasteiger partial charge in [-0.2, -0.15) is 22.5 Å². The molecule has 0 saturated heterocycles. The summed E-state index contributed by atoms with van der Waals surface area (Å²) in [5, 5.41) is 0. The molecule has 0 saturated carbocycles. The summed E-state index contributed by atoms with van der Waals surface area (Å²) >= 11 is 6.56. The van der Waals surface area contributed by atoms with E-state index in [1.165, 1.54) is 0 Å². The molecule has 0 N–H and O–H groups in total. The third-order valence-electron chi connectivity index (χ3n) is 5.89. The molecule has 8 nitrogen and oxygen atoms in total. The molecule has 4 heterocycles. The average Bonchev–Trinajstić information content (AvgIpc) is 3.63. The van der Waals surface area contributed by atoms with E-state index in [-0.39, 0.29) is 48.4 Å². The van der Waals surface area contributed by atoms with Crippen molar-refractivity contribution in [3.8, 4) is 0 Å². The van der Waals surface area contributed by atoms with Gasteiger partial charge in [0.05, 0.1) is 12.1 Å². The van der Waals surface area contributed by atoms with E-state index in [1.807, 2.05) is 0 Å². The Balaban J connectivity index is 0.000000643. The maximum absolute atomic E-state index is 3.17. The van der Waals surface area contributed by atoms with Crippen LogP contribution in [-0.4, -0.2) is 47.5 Å². The van der Waals surface area contributed by atoms with Gasteiger partial charge in [-0.3, -0.25) is 0 Å². The number of rotatable bonds is 8. The van der Waals surface area contributed by atoms with Gasteiger partial charge in [0.15, 0.2) is 0 Å². The van der Waals surface area contributed by atoms with Crippen LogP contribution in [0.2, 0.25) is 0 Å². The van der Waals surface area contributed by atoms with Crippen LogP contribution in [0, 0.1) is 13.3 Å². The molecule has 13 heteroatoms. The van der Waals surface area contributed by atoms with E-state index in [0.717, 1.165) is 13.3 Å². The van der Waals surface area contributed by atoms with Crippen LogP contribution in [-0.2, 0) is 21.1 Å². The molecule has 2 aromatic heterocycles. The Kier molecular flexibility index (Phi) is 19.6. The minimum atomic E-state index is 0. The molecule has 0 bridgehead atoms. The van der Waals surface area contributed by atoms with Gasteiger partial charge in [0.1, 0.15) is 24.8 Å². The minimum absolute atomic E-state index is 0. The van der Waals surface area contributed by atoms with Crippen molar-refractivity contribution in [2.45, 2.75) is 86.2 Å². The van der Waals surface area contributed by atoms with Crippen molar-refractivity contribution in [3.63, 3.8) is 0 Å². The van der Waals surface area contributed by atoms with Gasteiger partial charge in [-0.05, 0) is 92.3 Å². The van der Waals surface area contributed by atoms with Crippen LogP contribution in [0.5, 0.6) is 0 Å². The number of aromatic nitrogens is 4. The Morgan fingerprint density at radius 1 is 0.641 bits per heavy atom. The zero-order chi connectivity index (χ0) is 27.5. The van der Waals surface area contributed by atoms with Crippen molar-refractivity contribution < 1.29 is 57.5 Å². The van der Waals surface area contributed by atoms with Gasteiger partial charge in [0.2, 0.25) is 19.3 Å². The van der Waals surface area contributed by atoms with Gasteiger partial charge in [-0.15, -0.1) is 0 Å². The van der Waals surface area contributed by atoms with Crippen LogP contribution >= 0.6 is 26.6 Å². The van der Waals surface area contributed by atoms with Gasteiger partial charge >= 0.3 is 41.0 Å². The monoisotopic (exact) mass is 979 g/mol. The molecule has 0 aromatic carbocycles. The summed E-state index contributed by atoms with van der Waals surface area (Å²) in [5.41, 5.74) is 0. The van der Waals surface area contributed by atoms with E-state index in [2.05, 4.69) is 195 Å². The van der Waals surface area contributed by atoms with E-state index < -0.39 is 0 Å². The molecule has 2 aliphatic rings. The molecule has 0 amide bonds. The molecule has 0 fully saturated rings. The first-order valence-electron chi connectivity index (χ1n) is 12.6. The molecular weight excluding hydrogens is 939 g/mol. The molecular formula is C26H44Br4N8Pt. The van der Waals surface area contributed by atoms with Crippen LogP contribution in [0.3, 0.4) is 0 Å². The average molecular weight is 983 g/mol. The summed E-state index contributed by atoms with van der Waals surface area (Å²) < 4.78 is 8.79. The molecule has 0 radical (unpaired) electrons. The van der Waals surface area contributed by atoms with Gasteiger partial charge in [0, 0.05) is 6.67 Å². The summed E-state index contributed by atoms with van der Waals surface area (Å²) in [6.07, 6.45) is 21.2. The SMILES string of the molecule is CC(C)N1C=CN(CN2C=CN(C(C)C)[CH-]2)[CH-]1.CC(C)n1cc[n+](C[n+]2ccn(C(C)C)c2)c1.[Br-].[Br-].[Br][Pt+2][Br]. The fourth-order valence-corrected chi connectivity index (χ4v) is 3.58. The topological polar surface area (TPSA) is 30.6 Å². The predicted molar refractivity (Wildman–Crippen MR) is 153 cm³/mol. The molecule has 39 heavy (non-hydrogen) atoms. The van der Waals surface area contributed by atoms with Crippen molar-refractivity contribution >= 4 is 26.6 Å². The van der Waals surface area contributed by atoms with E-state index in [9.17, 15) is 0 Å². The molecule has 0 unspecified atom stereocenters. The molecule has 0 spiro atoms. The van der Waals surface area contributed by atoms with Crippen molar-refractivity contribution in [3.05, 3.63) is 75.6 Å². The zero-order valence-electron chi connectivity index (χ0n) is 24.1. The summed E-state index contributed by atoms with van der Waals surface area (Å²) in [7, 11) is 0. The molecule has 2 aromatic rings. The summed E-state index contributed by atoms with van der Waals surface area (Å²) in [5.74, 6) is 0. The third kappa shape index (κ3) is 13.5. The van der Waals surface area contributed by atoms with Crippen LogP contribution in [0.1, 0.15) is 67.5 Å². The first-order chi connectivity index (χ1) is 17.5. The quantitative estimate of drug-likeness (QED) is 0.262. The van der Waals surface area contributed by atoms with Crippen molar-refractivity contribution in [2.75, 3.05) is 6.67 Å². The molecule has 0 aliphatic carbocycles. The Hall–Kier alpha value is -0.292. The Morgan fingerprint density at radius 2 is 1.00 bits per heavy atom. The first-order valence-corrected chi connectivity index (χ1v) is 22.5. The fourth-order valence-electron chi connectivity index (χ4n) is 3.58. The summed E-state index contributed by atoms with van der Waals surface area (Å²) in [6.45, 7) is 23.5. The number of nitrogens with zero attached hydrogens (tertiary/aromatic N) is 8. The van der Waals surface area contributed by atoms with E-state index in [4.69, 9.17) is 0 Å². The molecule has 4 rings (SSSR count). The maximum atomic E-state index is 3.17. The second kappa shape index (κ2) is 19.8. The molecule has 0 atom stereocenters. The summed E-state index contributed by atoms with van der Waals surface area (Å²) in [6, 6.07) is 2.06. The van der Waals surface area contributed by atoms with Crippen LogP contribution in [0.15, 0.2) is 62.2 Å². The Bertz CT molecular complexity index is 903. The fraction of sp³-hybridized carbons (Fsp3) is 0.538. The summed E-state index contributed by atoms with van der Waals surface area (Å²) in [4.78, 5) is 8.79. The zero-order valence-corrected chi connectivity index (χ0v) is 32.7. The van der Waals surface area contributed by atoms with Gasteiger partial charge in [-0.1, -0.05) is 0 Å². The van der Waals surface area contributed by atoms with E-state index >= 15 is 0 Å². The van der Waals surface area contributed by atoms with E-state index in [0.29, 0.717) is 24.2 Å². The first kappa shape index (κ1) is 38.7. The molecule has 226 valence electrons. The standard InChI is InChI=1S/2C13H22N4.4BrH.Pt/c2*1-12(2)16-7-5-14(10-16)9-15-6-8-17(11-15)13(3)4;;;;;/h2*5-8,10-13H,9H2,1-4H3;4*1H;/q-2;+2;;;;;+4/p-4. The second-order valence-corrected chi connectivity index (χ2v) is 20.1. The second-order valence-electron chi connectivity index (χ2n) is 10.2. The normalized spacial score (nSPS) is 14.2. The Morgan fingerprint density at radius 3 is 1.26 bits per heavy atom. The number of hydrogen-bond donors (Lipinski definition) is 0.